The highest BCUT2D eigenvalue weighted by molar-refractivity contribution is 5.73. The summed E-state index contributed by atoms with van der Waals surface area (Å²) in [6.45, 7) is 3.98. The number of anilines is 3. The number of likely N-dealkylation sites (N-methyl/N-ethyl adjacent to an activating group) is 1. The first-order valence-electron chi connectivity index (χ1n) is 9.82. The summed E-state index contributed by atoms with van der Waals surface area (Å²) in [5.74, 6) is 1.62. The predicted molar refractivity (Wildman–Crippen MR) is 116 cm³/mol. The minimum Gasteiger partial charge on any atom is -0.353 e. The number of hydrogen-bond donors (Lipinski definition) is 1. The topological polar surface area (TPSA) is 44.3 Å². The predicted octanol–water partition coefficient (Wildman–Crippen LogP) is 4.20. The lowest BCUT2D eigenvalue weighted by molar-refractivity contribution is 0.425. The Bertz CT molecular complexity index is 939. The Labute approximate surface area is 167 Å². The van der Waals surface area contributed by atoms with Gasteiger partial charge in [-0.15, -0.1) is 0 Å². The summed E-state index contributed by atoms with van der Waals surface area (Å²) in [7, 11) is 4.13. The van der Waals surface area contributed by atoms with E-state index >= 15 is 0 Å². The smallest absolute Gasteiger partial charge is 0.225 e. The molecule has 0 aliphatic carbocycles. The standard InChI is InChI=1S/C23H27N5/c1-17-15-19-11-7-8-12-21(19)28(17)22-16-20(18-9-5-4-6-10-18)25-23(26-22)24-13-14-27(2)3/h4-12,16-17H,13-15H2,1-3H3,(H,24,25,26). The molecule has 0 radical (unpaired) electrons. The quantitative estimate of drug-likeness (QED) is 0.702. The fraction of sp³-hybridized carbons (Fsp3) is 0.304. The highest BCUT2D eigenvalue weighted by Crippen LogP contribution is 2.38. The molecule has 5 heteroatoms. The van der Waals surface area contributed by atoms with Crippen molar-refractivity contribution in [3.8, 4) is 11.3 Å². The van der Waals surface area contributed by atoms with Crippen molar-refractivity contribution in [1.82, 2.24) is 14.9 Å². The summed E-state index contributed by atoms with van der Waals surface area (Å²) in [6, 6.07) is 21.4. The average molecular weight is 374 g/mol. The largest absolute Gasteiger partial charge is 0.353 e. The Morgan fingerprint density at radius 2 is 1.79 bits per heavy atom. The lowest BCUT2D eigenvalue weighted by atomic mass is 10.1. The molecule has 0 saturated heterocycles. The molecule has 1 atom stereocenters. The molecule has 1 N–H and O–H groups in total. The second-order valence-electron chi connectivity index (χ2n) is 7.58. The van der Waals surface area contributed by atoms with Crippen molar-refractivity contribution < 1.29 is 0 Å². The van der Waals surface area contributed by atoms with Crippen LogP contribution in [0.1, 0.15) is 12.5 Å². The van der Waals surface area contributed by atoms with Gasteiger partial charge in [-0.1, -0.05) is 48.5 Å². The van der Waals surface area contributed by atoms with Crippen molar-refractivity contribution in [2.24, 2.45) is 0 Å². The third-order valence-corrected chi connectivity index (χ3v) is 5.08. The SMILES string of the molecule is CC1Cc2ccccc2N1c1cc(-c2ccccc2)nc(NCCN(C)C)n1. The second-order valence-corrected chi connectivity index (χ2v) is 7.58. The molecule has 5 nitrogen and oxygen atoms in total. The number of rotatable bonds is 6. The molecule has 0 spiro atoms. The van der Waals surface area contributed by atoms with E-state index in [0.717, 1.165) is 36.6 Å². The average Bonchev–Trinajstić information content (AvgIpc) is 3.04. The van der Waals surface area contributed by atoms with E-state index in [9.17, 15) is 0 Å². The Balaban J connectivity index is 1.74. The summed E-state index contributed by atoms with van der Waals surface area (Å²) >= 11 is 0. The minimum atomic E-state index is 0.366. The van der Waals surface area contributed by atoms with Crippen LogP contribution in [0.3, 0.4) is 0 Å². The molecule has 4 rings (SSSR count). The van der Waals surface area contributed by atoms with Crippen molar-refractivity contribution in [2.45, 2.75) is 19.4 Å². The van der Waals surface area contributed by atoms with Crippen LogP contribution in [0.5, 0.6) is 0 Å². The molecule has 1 aliphatic rings. The van der Waals surface area contributed by atoms with Crippen LogP contribution in [0.4, 0.5) is 17.5 Å². The monoisotopic (exact) mass is 373 g/mol. The number of nitrogens with zero attached hydrogens (tertiary/aromatic N) is 4. The summed E-state index contributed by atoms with van der Waals surface area (Å²) in [5.41, 5.74) is 4.65. The maximum atomic E-state index is 4.87. The first kappa shape index (κ1) is 18.4. The number of aromatic nitrogens is 2. The normalized spacial score (nSPS) is 15.7. The van der Waals surface area contributed by atoms with Gasteiger partial charge in [-0.2, -0.15) is 4.98 Å². The van der Waals surface area contributed by atoms with Crippen LogP contribution in [0.15, 0.2) is 60.7 Å². The third kappa shape index (κ3) is 3.85. The Morgan fingerprint density at radius 1 is 1.04 bits per heavy atom. The van der Waals surface area contributed by atoms with Crippen LogP contribution in [-0.4, -0.2) is 48.1 Å². The fourth-order valence-corrected chi connectivity index (χ4v) is 3.70. The van der Waals surface area contributed by atoms with Gasteiger partial charge in [0, 0.05) is 36.4 Å². The highest BCUT2D eigenvalue weighted by atomic mass is 15.3. The fourth-order valence-electron chi connectivity index (χ4n) is 3.70. The van der Waals surface area contributed by atoms with Gasteiger partial charge in [-0.25, -0.2) is 4.98 Å². The zero-order chi connectivity index (χ0) is 19.5. The van der Waals surface area contributed by atoms with E-state index < -0.39 is 0 Å². The summed E-state index contributed by atoms with van der Waals surface area (Å²) in [6.07, 6.45) is 1.03. The molecule has 1 unspecified atom stereocenters. The number of hydrogen-bond acceptors (Lipinski definition) is 5. The van der Waals surface area contributed by atoms with Crippen molar-refractivity contribution in [1.29, 1.82) is 0 Å². The lowest BCUT2D eigenvalue weighted by Gasteiger charge is -2.25. The van der Waals surface area contributed by atoms with Crippen LogP contribution >= 0.6 is 0 Å². The molecule has 3 aromatic rings. The van der Waals surface area contributed by atoms with Gasteiger partial charge in [-0.3, -0.25) is 0 Å². The molecule has 0 bridgehead atoms. The molecule has 2 aromatic carbocycles. The van der Waals surface area contributed by atoms with Crippen molar-refractivity contribution in [3.05, 3.63) is 66.2 Å². The van der Waals surface area contributed by atoms with Gasteiger partial charge in [0.1, 0.15) is 5.82 Å². The van der Waals surface area contributed by atoms with Crippen LogP contribution in [0.25, 0.3) is 11.3 Å². The molecular formula is C23H27N5. The Kier molecular flexibility index (Phi) is 5.26. The number of para-hydroxylation sites is 1. The highest BCUT2D eigenvalue weighted by Gasteiger charge is 2.28. The second kappa shape index (κ2) is 7.98. The number of benzene rings is 2. The van der Waals surface area contributed by atoms with Crippen LogP contribution in [-0.2, 0) is 6.42 Å². The first-order chi connectivity index (χ1) is 13.6. The molecule has 0 saturated carbocycles. The van der Waals surface area contributed by atoms with Crippen molar-refractivity contribution in [2.75, 3.05) is 37.4 Å². The third-order valence-electron chi connectivity index (χ3n) is 5.08. The molecular weight excluding hydrogens is 346 g/mol. The molecule has 2 heterocycles. The molecule has 1 aliphatic heterocycles. The van der Waals surface area contributed by atoms with Gasteiger partial charge in [0.25, 0.3) is 0 Å². The van der Waals surface area contributed by atoms with E-state index in [1.54, 1.807) is 0 Å². The van der Waals surface area contributed by atoms with E-state index in [1.165, 1.54) is 11.3 Å². The van der Waals surface area contributed by atoms with Gasteiger partial charge >= 0.3 is 0 Å². The lowest BCUT2D eigenvalue weighted by Crippen LogP contribution is -2.26. The summed E-state index contributed by atoms with van der Waals surface area (Å²) in [5, 5.41) is 3.40. The molecule has 1 aromatic heterocycles. The van der Waals surface area contributed by atoms with Gasteiger partial charge in [0.05, 0.1) is 5.69 Å². The number of nitrogens with one attached hydrogen (secondary N) is 1. The molecule has 0 fully saturated rings. The van der Waals surface area contributed by atoms with Crippen molar-refractivity contribution in [3.63, 3.8) is 0 Å². The summed E-state index contributed by atoms with van der Waals surface area (Å²) in [4.78, 5) is 14.1. The van der Waals surface area contributed by atoms with E-state index in [1.807, 2.05) is 18.2 Å². The Morgan fingerprint density at radius 3 is 2.57 bits per heavy atom. The van der Waals surface area contributed by atoms with Crippen LogP contribution < -0.4 is 10.2 Å². The number of fused-ring (bicyclic) bond motifs is 1. The van der Waals surface area contributed by atoms with Gasteiger partial charge in [0.15, 0.2) is 0 Å². The molecule has 28 heavy (non-hydrogen) atoms. The van der Waals surface area contributed by atoms with Gasteiger partial charge in [0.2, 0.25) is 5.95 Å². The first-order valence-corrected chi connectivity index (χ1v) is 9.82. The Hall–Kier alpha value is -2.92. The van der Waals surface area contributed by atoms with Crippen LogP contribution in [0, 0.1) is 0 Å². The van der Waals surface area contributed by atoms with E-state index in [2.05, 4.69) is 78.6 Å². The van der Waals surface area contributed by atoms with Crippen LogP contribution in [0.2, 0.25) is 0 Å². The minimum absolute atomic E-state index is 0.366. The van der Waals surface area contributed by atoms with Crippen molar-refractivity contribution >= 4 is 17.5 Å². The zero-order valence-electron chi connectivity index (χ0n) is 16.8. The van der Waals surface area contributed by atoms with Gasteiger partial charge in [-0.05, 0) is 39.1 Å². The molecule has 144 valence electrons. The van der Waals surface area contributed by atoms with E-state index in [0.29, 0.717) is 12.0 Å². The van der Waals surface area contributed by atoms with E-state index in [-0.39, 0.29) is 0 Å². The maximum absolute atomic E-state index is 4.87. The maximum Gasteiger partial charge on any atom is 0.225 e. The van der Waals surface area contributed by atoms with E-state index in [4.69, 9.17) is 9.97 Å². The van der Waals surface area contributed by atoms with Gasteiger partial charge < -0.3 is 15.1 Å². The summed E-state index contributed by atoms with van der Waals surface area (Å²) < 4.78 is 0. The zero-order valence-corrected chi connectivity index (χ0v) is 16.8. The molecule has 0 amide bonds.